The molecule has 0 bridgehead atoms. The van der Waals surface area contributed by atoms with Crippen LogP contribution in [-0.4, -0.2) is 52.6 Å². The van der Waals surface area contributed by atoms with Crippen molar-refractivity contribution >= 4 is 27.0 Å². The molecular formula is C20H22FN5O4S. The second kappa shape index (κ2) is 8.23. The van der Waals surface area contributed by atoms with Gasteiger partial charge >= 0.3 is 0 Å². The SMILES string of the molecule is Cn1c(=O)c(Oc2cccc(F)c2)cc2cnc(NC3CCN(S(C)(=O)=O)CC3)nc21. The summed E-state index contributed by atoms with van der Waals surface area (Å²) in [5, 5.41) is 3.81. The number of fused-ring (bicyclic) bond motifs is 1. The summed E-state index contributed by atoms with van der Waals surface area (Å²) in [6, 6.07) is 7.10. The first-order valence-corrected chi connectivity index (χ1v) is 11.6. The number of aromatic nitrogens is 3. The molecule has 3 heterocycles. The van der Waals surface area contributed by atoms with Crippen LogP contribution < -0.4 is 15.6 Å². The molecule has 1 aliphatic heterocycles. The summed E-state index contributed by atoms with van der Waals surface area (Å²) in [5.41, 5.74) is 0.00513. The van der Waals surface area contributed by atoms with Gasteiger partial charge < -0.3 is 10.1 Å². The van der Waals surface area contributed by atoms with E-state index in [0.717, 1.165) is 0 Å². The first kappa shape index (κ1) is 21.2. The molecule has 1 saturated heterocycles. The molecular weight excluding hydrogens is 425 g/mol. The van der Waals surface area contributed by atoms with Gasteiger partial charge in [-0.25, -0.2) is 22.1 Å². The smallest absolute Gasteiger partial charge is 0.294 e. The van der Waals surface area contributed by atoms with E-state index in [2.05, 4.69) is 15.3 Å². The molecule has 0 spiro atoms. The number of benzene rings is 1. The molecule has 2 aromatic heterocycles. The van der Waals surface area contributed by atoms with Gasteiger partial charge in [-0.3, -0.25) is 9.36 Å². The Labute approximate surface area is 178 Å². The molecule has 11 heteroatoms. The number of piperidine rings is 1. The number of halogens is 1. The summed E-state index contributed by atoms with van der Waals surface area (Å²) in [5.74, 6) is 0.157. The number of pyridine rings is 1. The summed E-state index contributed by atoms with van der Waals surface area (Å²) in [4.78, 5) is 21.5. The maximum atomic E-state index is 13.4. The van der Waals surface area contributed by atoms with E-state index in [-0.39, 0.29) is 17.5 Å². The predicted octanol–water partition coefficient (Wildman–Crippen LogP) is 2.10. The van der Waals surface area contributed by atoms with Crippen molar-refractivity contribution in [3.05, 3.63) is 52.7 Å². The van der Waals surface area contributed by atoms with Gasteiger partial charge in [0.05, 0.1) is 6.26 Å². The molecule has 0 atom stereocenters. The van der Waals surface area contributed by atoms with Crippen molar-refractivity contribution in [3.63, 3.8) is 0 Å². The first-order chi connectivity index (χ1) is 14.7. The maximum absolute atomic E-state index is 13.4. The summed E-state index contributed by atoms with van der Waals surface area (Å²) < 4.78 is 45.1. The first-order valence-electron chi connectivity index (χ1n) is 9.72. The van der Waals surface area contributed by atoms with Crippen LogP contribution in [0.4, 0.5) is 10.3 Å². The van der Waals surface area contributed by atoms with Crippen molar-refractivity contribution in [2.24, 2.45) is 7.05 Å². The molecule has 1 fully saturated rings. The summed E-state index contributed by atoms with van der Waals surface area (Å²) >= 11 is 0. The number of anilines is 1. The van der Waals surface area contributed by atoms with Crippen molar-refractivity contribution < 1.29 is 17.5 Å². The molecule has 1 aromatic carbocycles. The van der Waals surface area contributed by atoms with Gasteiger partial charge in [0.25, 0.3) is 5.56 Å². The Kier molecular flexibility index (Phi) is 5.63. The molecule has 0 amide bonds. The Hall–Kier alpha value is -3.05. The highest BCUT2D eigenvalue weighted by Crippen LogP contribution is 2.23. The summed E-state index contributed by atoms with van der Waals surface area (Å²) in [6.07, 6.45) is 4.05. The molecule has 0 saturated carbocycles. The number of aryl methyl sites for hydroxylation is 1. The maximum Gasteiger partial charge on any atom is 0.294 e. The van der Waals surface area contributed by atoms with Crippen molar-refractivity contribution in [1.82, 2.24) is 18.8 Å². The average Bonchev–Trinajstić information content (AvgIpc) is 2.72. The zero-order valence-corrected chi connectivity index (χ0v) is 17.9. The van der Waals surface area contributed by atoms with Crippen LogP contribution in [-0.2, 0) is 17.1 Å². The highest BCUT2D eigenvalue weighted by Gasteiger charge is 2.25. The second-order valence-corrected chi connectivity index (χ2v) is 9.47. The van der Waals surface area contributed by atoms with Gasteiger partial charge in [-0.05, 0) is 31.0 Å². The Morgan fingerprint density at radius 2 is 1.97 bits per heavy atom. The van der Waals surface area contributed by atoms with Crippen LogP contribution in [0, 0.1) is 5.82 Å². The van der Waals surface area contributed by atoms with Gasteiger partial charge in [-0.2, -0.15) is 4.98 Å². The third kappa shape index (κ3) is 4.67. The number of rotatable bonds is 5. The molecule has 4 rings (SSSR count). The Bertz CT molecular complexity index is 1290. The summed E-state index contributed by atoms with van der Waals surface area (Å²) in [7, 11) is -1.61. The van der Waals surface area contributed by atoms with E-state index >= 15 is 0 Å². The van der Waals surface area contributed by atoms with Gasteiger partial charge in [0.2, 0.25) is 16.0 Å². The van der Waals surface area contributed by atoms with Crippen molar-refractivity contribution in [2.75, 3.05) is 24.7 Å². The Morgan fingerprint density at radius 1 is 1.23 bits per heavy atom. The third-order valence-corrected chi connectivity index (χ3v) is 6.50. The van der Waals surface area contributed by atoms with E-state index in [1.165, 1.54) is 39.4 Å². The highest BCUT2D eigenvalue weighted by molar-refractivity contribution is 7.88. The number of hydrogen-bond acceptors (Lipinski definition) is 7. The lowest BCUT2D eigenvalue weighted by atomic mass is 10.1. The van der Waals surface area contributed by atoms with Gasteiger partial charge in [0.15, 0.2) is 5.75 Å². The fourth-order valence-electron chi connectivity index (χ4n) is 3.53. The quantitative estimate of drug-likeness (QED) is 0.638. The highest BCUT2D eigenvalue weighted by atomic mass is 32.2. The van der Waals surface area contributed by atoms with Gasteiger partial charge in [0, 0.05) is 43.8 Å². The fraction of sp³-hybridized carbons (Fsp3) is 0.350. The van der Waals surface area contributed by atoms with Crippen LogP contribution in [0.25, 0.3) is 11.0 Å². The molecule has 31 heavy (non-hydrogen) atoms. The monoisotopic (exact) mass is 447 g/mol. The standard InChI is InChI=1S/C20H22FN5O4S/c1-25-18-13(10-17(19(25)27)30-16-5-3-4-14(21)11-16)12-22-20(24-18)23-15-6-8-26(9-7-15)31(2,28)29/h3-5,10-12,15H,6-9H2,1-2H3,(H,22,23,24). The molecule has 9 nitrogen and oxygen atoms in total. The molecule has 0 radical (unpaired) electrons. The lowest BCUT2D eigenvalue weighted by molar-refractivity contribution is 0.331. The number of ether oxygens (including phenoxy) is 1. The third-order valence-electron chi connectivity index (χ3n) is 5.20. The number of hydrogen-bond donors (Lipinski definition) is 1. The minimum Gasteiger partial charge on any atom is -0.451 e. The van der Waals surface area contributed by atoms with Crippen LogP contribution in [0.2, 0.25) is 0 Å². The van der Waals surface area contributed by atoms with Crippen molar-refractivity contribution in [1.29, 1.82) is 0 Å². The minimum atomic E-state index is -3.19. The van der Waals surface area contributed by atoms with Crippen LogP contribution in [0.15, 0.2) is 41.3 Å². The molecule has 0 unspecified atom stereocenters. The van der Waals surface area contributed by atoms with Crippen LogP contribution >= 0.6 is 0 Å². The van der Waals surface area contributed by atoms with E-state index < -0.39 is 21.4 Å². The predicted molar refractivity (Wildman–Crippen MR) is 114 cm³/mol. The van der Waals surface area contributed by atoms with E-state index in [9.17, 15) is 17.6 Å². The van der Waals surface area contributed by atoms with E-state index in [1.807, 2.05) is 0 Å². The van der Waals surface area contributed by atoms with Crippen LogP contribution in [0.1, 0.15) is 12.8 Å². The van der Waals surface area contributed by atoms with E-state index in [0.29, 0.717) is 42.9 Å². The average molecular weight is 447 g/mol. The van der Waals surface area contributed by atoms with E-state index in [4.69, 9.17) is 4.74 Å². The molecule has 3 aromatic rings. The molecule has 0 aliphatic carbocycles. The van der Waals surface area contributed by atoms with Gasteiger partial charge in [-0.15, -0.1) is 0 Å². The fourth-order valence-corrected chi connectivity index (χ4v) is 4.41. The normalized spacial score (nSPS) is 15.8. The number of nitrogens with zero attached hydrogens (tertiary/aromatic N) is 4. The largest absolute Gasteiger partial charge is 0.451 e. The van der Waals surface area contributed by atoms with Crippen molar-refractivity contribution in [2.45, 2.75) is 18.9 Å². The molecule has 1 N–H and O–H groups in total. The lowest BCUT2D eigenvalue weighted by Gasteiger charge is -2.30. The number of sulfonamides is 1. The van der Waals surface area contributed by atoms with Gasteiger partial charge in [0.1, 0.15) is 17.2 Å². The summed E-state index contributed by atoms with van der Waals surface area (Å²) in [6.45, 7) is 0.868. The zero-order valence-electron chi connectivity index (χ0n) is 17.1. The van der Waals surface area contributed by atoms with Crippen molar-refractivity contribution in [3.8, 4) is 11.5 Å². The van der Waals surface area contributed by atoms with E-state index in [1.54, 1.807) is 19.3 Å². The topological polar surface area (TPSA) is 106 Å². The van der Waals surface area contributed by atoms with Crippen LogP contribution in [0.3, 0.4) is 0 Å². The minimum absolute atomic E-state index is 0.0306. The number of nitrogens with one attached hydrogen (secondary N) is 1. The van der Waals surface area contributed by atoms with Crippen LogP contribution in [0.5, 0.6) is 11.5 Å². The zero-order chi connectivity index (χ0) is 22.2. The van der Waals surface area contributed by atoms with Gasteiger partial charge in [-0.1, -0.05) is 6.07 Å². The Morgan fingerprint density at radius 3 is 2.65 bits per heavy atom. The molecule has 164 valence electrons. The molecule has 1 aliphatic rings. The second-order valence-electron chi connectivity index (χ2n) is 7.49. The Balaban J connectivity index is 1.54. The lowest BCUT2D eigenvalue weighted by Crippen LogP contribution is -2.42.